The largest absolute Gasteiger partial charge is 0.305 e. The Balaban J connectivity index is 1.99. The van der Waals surface area contributed by atoms with Gasteiger partial charge in [0.15, 0.2) is 0 Å². The SMILES string of the molecule is Cc1ccc(CN[C@@H](C)c2ccccn2)c(Br)c1. The molecule has 3 heteroatoms. The van der Waals surface area contributed by atoms with Crippen molar-refractivity contribution in [3.8, 4) is 0 Å². The van der Waals surface area contributed by atoms with Crippen LogP contribution in [0, 0.1) is 6.92 Å². The predicted molar refractivity (Wildman–Crippen MR) is 78.4 cm³/mol. The Morgan fingerprint density at radius 1 is 1.28 bits per heavy atom. The van der Waals surface area contributed by atoms with Gasteiger partial charge in [0.1, 0.15) is 0 Å². The van der Waals surface area contributed by atoms with E-state index >= 15 is 0 Å². The number of aryl methyl sites for hydroxylation is 1. The summed E-state index contributed by atoms with van der Waals surface area (Å²) in [5, 5.41) is 3.48. The van der Waals surface area contributed by atoms with Gasteiger partial charge in [-0.3, -0.25) is 4.98 Å². The second-order valence-electron chi connectivity index (χ2n) is 4.45. The van der Waals surface area contributed by atoms with Crippen LogP contribution in [0.25, 0.3) is 0 Å². The lowest BCUT2D eigenvalue weighted by molar-refractivity contribution is 0.560. The first-order chi connectivity index (χ1) is 8.66. The van der Waals surface area contributed by atoms with Gasteiger partial charge >= 0.3 is 0 Å². The second-order valence-corrected chi connectivity index (χ2v) is 5.31. The van der Waals surface area contributed by atoms with Crippen molar-refractivity contribution in [3.05, 3.63) is 63.9 Å². The second kappa shape index (κ2) is 6.12. The molecule has 0 bridgehead atoms. The third-order valence-electron chi connectivity index (χ3n) is 2.94. The Bertz CT molecular complexity index is 511. The molecule has 0 saturated carbocycles. The number of hydrogen-bond donors (Lipinski definition) is 1. The lowest BCUT2D eigenvalue weighted by Gasteiger charge is -2.14. The molecule has 0 amide bonds. The Kier molecular flexibility index (Phi) is 4.50. The molecule has 1 heterocycles. The maximum absolute atomic E-state index is 4.35. The van der Waals surface area contributed by atoms with Gasteiger partial charge in [0, 0.05) is 23.3 Å². The van der Waals surface area contributed by atoms with Crippen LogP contribution in [0.15, 0.2) is 47.1 Å². The van der Waals surface area contributed by atoms with Crippen LogP contribution in [-0.4, -0.2) is 4.98 Å². The molecule has 0 unspecified atom stereocenters. The number of aromatic nitrogens is 1. The van der Waals surface area contributed by atoms with Gasteiger partial charge in [-0.2, -0.15) is 0 Å². The lowest BCUT2D eigenvalue weighted by Crippen LogP contribution is -2.19. The van der Waals surface area contributed by atoms with Gasteiger partial charge in [0.25, 0.3) is 0 Å². The molecule has 2 rings (SSSR count). The van der Waals surface area contributed by atoms with E-state index in [1.54, 1.807) is 0 Å². The molecule has 1 atom stereocenters. The van der Waals surface area contributed by atoms with Crippen LogP contribution >= 0.6 is 15.9 Å². The molecular weight excluding hydrogens is 288 g/mol. The zero-order chi connectivity index (χ0) is 13.0. The molecule has 0 saturated heterocycles. The minimum absolute atomic E-state index is 0.249. The summed E-state index contributed by atoms with van der Waals surface area (Å²) in [5.74, 6) is 0. The standard InChI is InChI=1S/C15H17BrN2/c1-11-6-7-13(14(16)9-11)10-18-12(2)15-5-3-4-8-17-15/h3-9,12,18H,10H2,1-2H3/t12-/m0/s1. The van der Waals surface area contributed by atoms with Gasteiger partial charge < -0.3 is 5.32 Å². The third kappa shape index (κ3) is 3.40. The summed E-state index contributed by atoms with van der Waals surface area (Å²) in [7, 11) is 0. The summed E-state index contributed by atoms with van der Waals surface area (Å²) in [6, 6.07) is 12.7. The van der Waals surface area contributed by atoms with Crippen molar-refractivity contribution in [1.82, 2.24) is 10.3 Å². The molecule has 1 aromatic heterocycles. The Morgan fingerprint density at radius 3 is 2.78 bits per heavy atom. The van der Waals surface area contributed by atoms with Crippen molar-refractivity contribution < 1.29 is 0 Å². The van der Waals surface area contributed by atoms with Crippen molar-refractivity contribution in [3.63, 3.8) is 0 Å². The molecule has 1 aromatic carbocycles. The highest BCUT2D eigenvalue weighted by Crippen LogP contribution is 2.19. The lowest BCUT2D eigenvalue weighted by atomic mass is 10.1. The number of benzene rings is 1. The fraction of sp³-hybridized carbons (Fsp3) is 0.267. The van der Waals surface area contributed by atoms with E-state index in [2.05, 4.69) is 58.3 Å². The molecule has 0 aliphatic rings. The number of nitrogens with zero attached hydrogens (tertiary/aromatic N) is 1. The van der Waals surface area contributed by atoms with Crippen molar-refractivity contribution in [2.45, 2.75) is 26.4 Å². The molecule has 2 nitrogen and oxygen atoms in total. The topological polar surface area (TPSA) is 24.9 Å². The van der Waals surface area contributed by atoms with Crippen LogP contribution in [-0.2, 0) is 6.54 Å². The Hall–Kier alpha value is -1.19. The van der Waals surface area contributed by atoms with Crippen molar-refractivity contribution in [2.24, 2.45) is 0 Å². The summed E-state index contributed by atoms with van der Waals surface area (Å²) in [6.07, 6.45) is 1.83. The number of pyridine rings is 1. The molecule has 2 aromatic rings. The molecule has 0 aliphatic carbocycles. The maximum atomic E-state index is 4.35. The van der Waals surface area contributed by atoms with Gasteiger partial charge in [0.05, 0.1) is 5.69 Å². The first kappa shape index (κ1) is 13.2. The molecule has 1 N–H and O–H groups in total. The quantitative estimate of drug-likeness (QED) is 0.923. The summed E-state index contributed by atoms with van der Waals surface area (Å²) in [5.41, 5.74) is 3.60. The minimum Gasteiger partial charge on any atom is -0.305 e. The highest BCUT2D eigenvalue weighted by atomic mass is 79.9. The van der Waals surface area contributed by atoms with E-state index in [9.17, 15) is 0 Å². The van der Waals surface area contributed by atoms with Crippen LogP contribution in [0.3, 0.4) is 0 Å². The summed E-state index contributed by atoms with van der Waals surface area (Å²) >= 11 is 3.60. The average Bonchev–Trinajstić information content (AvgIpc) is 2.38. The van der Waals surface area contributed by atoms with Crippen LogP contribution in [0.1, 0.15) is 29.8 Å². The predicted octanol–water partition coefficient (Wildman–Crippen LogP) is 4.00. The smallest absolute Gasteiger partial charge is 0.0570 e. The van der Waals surface area contributed by atoms with Gasteiger partial charge in [-0.15, -0.1) is 0 Å². The van der Waals surface area contributed by atoms with E-state index < -0.39 is 0 Å². The van der Waals surface area contributed by atoms with E-state index in [-0.39, 0.29) is 6.04 Å². The Labute approximate surface area is 117 Å². The first-order valence-corrected chi connectivity index (χ1v) is 6.85. The van der Waals surface area contributed by atoms with E-state index in [0.29, 0.717) is 0 Å². The minimum atomic E-state index is 0.249. The molecule has 18 heavy (non-hydrogen) atoms. The van der Waals surface area contributed by atoms with Crippen LogP contribution in [0.5, 0.6) is 0 Å². The fourth-order valence-electron chi connectivity index (χ4n) is 1.80. The highest BCUT2D eigenvalue weighted by molar-refractivity contribution is 9.10. The number of halogens is 1. The van der Waals surface area contributed by atoms with Gasteiger partial charge in [-0.1, -0.05) is 34.1 Å². The van der Waals surface area contributed by atoms with Crippen molar-refractivity contribution in [1.29, 1.82) is 0 Å². The van der Waals surface area contributed by atoms with E-state index in [0.717, 1.165) is 16.7 Å². The molecule has 94 valence electrons. The molecule has 0 aliphatic heterocycles. The number of rotatable bonds is 4. The monoisotopic (exact) mass is 304 g/mol. The summed E-state index contributed by atoms with van der Waals surface area (Å²) < 4.78 is 1.16. The van der Waals surface area contributed by atoms with E-state index in [1.165, 1.54) is 11.1 Å². The van der Waals surface area contributed by atoms with Crippen molar-refractivity contribution in [2.75, 3.05) is 0 Å². The van der Waals surface area contributed by atoms with E-state index in [4.69, 9.17) is 0 Å². The molecule has 0 fully saturated rings. The zero-order valence-corrected chi connectivity index (χ0v) is 12.2. The average molecular weight is 305 g/mol. The Morgan fingerprint density at radius 2 is 2.11 bits per heavy atom. The number of hydrogen-bond acceptors (Lipinski definition) is 2. The normalized spacial score (nSPS) is 12.4. The summed E-state index contributed by atoms with van der Waals surface area (Å²) in [4.78, 5) is 4.35. The summed E-state index contributed by atoms with van der Waals surface area (Å²) in [6.45, 7) is 5.06. The fourth-order valence-corrected chi connectivity index (χ4v) is 2.43. The molecule has 0 spiro atoms. The van der Waals surface area contributed by atoms with Crippen LogP contribution in [0.4, 0.5) is 0 Å². The van der Waals surface area contributed by atoms with Crippen molar-refractivity contribution >= 4 is 15.9 Å². The molecular formula is C15H17BrN2. The van der Waals surface area contributed by atoms with Crippen LogP contribution in [0.2, 0.25) is 0 Å². The van der Waals surface area contributed by atoms with Gasteiger partial charge in [0.2, 0.25) is 0 Å². The number of nitrogens with one attached hydrogen (secondary N) is 1. The van der Waals surface area contributed by atoms with Crippen LogP contribution < -0.4 is 5.32 Å². The zero-order valence-electron chi connectivity index (χ0n) is 10.7. The third-order valence-corrected chi connectivity index (χ3v) is 3.68. The van der Waals surface area contributed by atoms with Gasteiger partial charge in [-0.05, 0) is 43.2 Å². The maximum Gasteiger partial charge on any atom is 0.0570 e. The highest BCUT2D eigenvalue weighted by Gasteiger charge is 2.06. The van der Waals surface area contributed by atoms with E-state index in [1.807, 2.05) is 24.4 Å². The van der Waals surface area contributed by atoms with Gasteiger partial charge in [-0.25, -0.2) is 0 Å². The molecule has 0 radical (unpaired) electrons. The first-order valence-electron chi connectivity index (χ1n) is 6.06.